The normalized spacial score (nSPS) is 12.7. The van der Waals surface area contributed by atoms with Crippen LogP contribution in [0.1, 0.15) is 37.1 Å². The van der Waals surface area contributed by atoms with E-state index in [-0.39, 0.29) is 0 Å². The number of thiophene rings is 1. The molecule has 98 valence electrons. The summed E-state index contributed by atoms with van der Waals surface area (Å²) in [5.41, 5.74) is 0. The zero-order chi connectivity index (χ0) is 12.6. The third-order valence-electron chi connectivity index (χ3n) is 3.09. The van der Waals surface area contributed by atoms with Crippen molar-refractivity contribution in [3.05, 3.63) is 41.1 Å². The van der Waals surface area contributed by atoms with Gasteiger partial charge < -0.3 is 9.88 Å². The van der Waals surface area contributed by atoms with Crippen molar-refractivity contribution < 1.29 is 0 Å². The Bertz CT molecular complexity index is 408. The summed E-state index contributed by atoms with van der Waals surface area (Å²) in [6.45, 7) is 4.39. The van der Waals surface area contributed by atoms with Crippen molar-refractivity contribution in [1.29, 1.82) is 0 Å². The number of hydrogen-bond acceptors (Lipinski definition) is 3. The molecule has 0 saturated heterocycles. The summed E-state index contributed by atoms with van der Waals surface area (Å²) in [7, 11) is 0. The van der Waals surface area contributed by atoms with Crippen LogP contribution in [0.2, 0.25) is 0 Å². The number of aromatic nitrogens is 2. The first kappa shape index (κ1) is 13.3. The molecule has 0 bridgehead atoms. The van der Waals surface area contributed by atoms with Crippen LogP contribution in [0.4, 0.5) is 0 Å². The van der Waals surface area contributed by atoms with E-state index in [4.69, 9.17) is 0 Å². The lowest BCUT2D eigenvalue weighted by Gasteiger charge is -2.15. The van der Waals surface area contributed by atoms with E-state index in [1.54, 1.807) is 0 Å². The quantitative estimate of drug-likeness (QED) is 0.739. The number of hydrogen-bond donors (Lipinski definition) is 1. The molecule has 2 aromatic rings. The summed E-state index contributed by atoms with van der Waals surface area (Å²) < 4.78 is 2.14. The molecule has 2 heterocycles. The van der Waals surface area contributed by atoms with E-state index < -0.39 is 0 Å². The van der Waals surface area contributed by atoms with Crippen LogP contribution in [0.3, 0.4) is 0 Å². The first-order valence-electron chi connectivity index (χ1n) is 6.62. The molecule has 1 unspecified atom stereocenters. The first-order valence-corrected chi connectivity index (χ1v) is 7.50. The second-order valence-electron chi connectivity index (χ2n) is 4.44. The van der Waals surface area contributed by atoms with Crippen LogP contribution in [0.15, 0.2) is 36.2 Å². The minimum atomic E-state index is 0.526. The molecule has 0 fully saturated rings. The highest BCUT2D eigenvalue weighted by Crippen LogP contribution is 2.21. The molecule has 0 saturated carbocycles. The monoisotopic (exact) mass is 263 g/mol. The molecular formula is C14H21N3S. The van der Waals surface area contributed by atoms with E-state index in [1.165, 1.54) is 17.7 Å². The molecule has 2 rings (SSSR count). The van der Waals surface area contributed by atoms with Gasteiger partial charge in [0.25, 0.3) is 0 Å². The number of aryl methyl sites for hydroxylation is 1. The lowest BCUT2D eigenvalue weighted by atomic mass is 10.2. The summed E-state index contributed by atoms with van der Waals surface area (Å²) in [6.07, 6.45) is 9.30. The van der Waals surface area contributed by atoms with Crippen molar-refractivity contribution in [3.8, 4) is 0 Å². The fourth-order valence-electron chi connectivity index (χ4n) is 2.05. The largest absolute Gasteiger partial charge is 0.337 e. The molecule has 0 aliphatic heterocycles. The van der Waals surface area contributed by atoms with E-state index >= 15 is 0 Å². The number of nitrogens with zero attached hydrogens (tertiary/aromatic N) is 2. The van der Waals surface area contributed by atoms with Crippen LogP contribution in [0.5, 0.6) is 0 Å². The van der Waals surface area contributed by atoms with Gasteiger partial charge in [-0.15, -0.1) is 11.3 Å². The zero-order valence-corrected chi connectivity index (χ0v) is 11.7. The van der Waals surface area contributed by atoms with Crippen molar-refractivity contribution >= 4 is 11.3 Å². The highest BCUT2D eigenvalue weighted by molar-refractivity contribution is 7.10. The first-order chi connectivity index (χ1) is 8.90. The van der Waals surface area contributed by atoms with Gasteiger partial charge in [0.2, 0.25) is 0 Å². The third kappa shape index (κ3) is 3.96. The van der Waals surface area contributed by atoms with E-state index in [0.717, 1.165) is 19.5 Å². The van der Waals surface area contributed by atoms with Crippen LogP contribution in [0.25, 0.3) is 0 Å². The van der Waals surface area contributed by atoms with Crippen LogP contribution in [-0.2, 0) is 6.54 Å². The molecule has 3 nitrogen and oxygen atoms in total. The Hall–Kier alpha value is -1.13. The number of rotatable bonds is 8. The second kappa shape index (κ2) is 7.34. The molecule has 1 atom stereocenters. The van der Waals surface area contributed by atoms with Gasteiger partial charge in [-0.25, -0.2) is 4.98 Å². The smallest absolute Gasteiger partial charge is 0.0945 e. The van der Waals surface area contributed by atoms with Crippen molar-refractivity contribution in [2.45, 2.75) is 38.8 Å². The Labute approximate surface area is 113 Å². The van der Waals surface area contributed by atoms with E-state index in [9.17, 15) is 0 Å². The van der Waals surface area contributed by atoms with Gasteiger partial charge in [-0.1, -0.05) is 13.0 Å². The summed E-state index contributed by atoms with van der Waals surface area (Å²) in [4.78, 5) is 5.50. The van der Waals surface area contributed by atoms with Gasteiger partial charge in [0, 0.05) is 29.9 Å². The van der Waals surface area contributed by atoms with Gasteiger partial charge in [0.1, 0.15) is 0 Å². The molecule has 0 radical (unpaired) electrons. The lowest BCUT2D eigenvalue weighted by molar-refractivity contribution is 0.495. The van der Waals surface area contributed by atoms with Gasteiger partial charge in [-0.3, -0.25) is 0 Å². The second-order valence-corrected chi connectivity index (χ2v) is 5.42. The van der Waals surface area contributed by atoms with Gasteiger partial charge in [0.15, 0.2) is 0 Å². The van der Waals surface area contributed by atoms with Gasteiger partial charge >= 0.3 is 0 Å². The summed E-state index contributed by atoms with van der Waals surface area (Å²) in [6, 6.07) is 4.87. The molecule has 0 aliphatic rings. The maximum atomic E-state index is 4.05. The fraction of sp³-hybridized carbons (Fsp3) is 0.500. The predicted molar refractivity (Wildman–Crippen MR) is 76.8 cm³/mol. The van der Waals surface area contributed by atoms with Crippen LogP contribution in [0, 0.1) is 0 Å². The molecular weight excluding hydrogens is 242 g/mol. The molecule has 0 aliphatic carbocycles. The molecule has 1 N–H and O–H groups in total. The van der Waals surface area contributed by atoms with Crippen molar-refractivity contribution in [2.75, 3.05) is 6.54 Å². The van der Waals surface area contributed by atoms with Crippen molar-refractivity contribution in [1.82, 2.24) is 14.9 Å². The predicted octanol–water partition coefficient (Wildman–Crippen LogP) is 3.47. The Morgan fingerprint density at radius 3 is 3.06 bits per heavy atom. The van der Waals surface area contributed by atoms with Gasteiger partial charge in [-0.2, -0.15) is 0 Å². The Balaban J connectivity index is 1.62. The highest BCUT2D eigenvalue weighted by Gasteiger charge is 2.08. The summed E-state index contributed by atoms with van der Waals surface area (Å²) >= 11 is 1.84. The van der Waals surface area contributed by atoms with Crippen LogP contribution < -0.4 is 5.32 Å². The Morgan fingerprint density at radius 2 is 2.39 bits per heavy atom. The average molecular weight is 263 g/mol. The Kier molecular flexibility index (Phi) is 5.42. The van der Waals surface area contributed by atoms with Gasteiger partial charge in [0.05, 0.1) is 6.33 Å². The van der Waals surface area contributed by atoms with E-state index in [2.05, 4.69) is 39.3 Å². The standard InChI is InChI=1S/C14H21N3S/c1-2-13(14-6-5-11-18-14)16-7-3-4-9-17-10-8-15-12-17/h5-6,8,10-13,16H,2-4,7,9H2,1H3. The number of unbranched alkanes of at least 4 members (excludes halogenated alkanes) is 1. The minimum Gasteiger partial charge on any atom is -0.337 e. The molecule has 2 aromatic heterocycles. The van der Waals surface area contributed by atoms with E-state index in [1.807, 2.05) is 30.1 Å². The molecule has 0 amide bonds. The minimum absolute atomic E-state index is 0.526. The summed E-state index contributed by atoms with van der Waals surface area (Å²) in [5, 5.41) is 5.79. The average Bonchev–Trinajstić information content (AvgIpc) is 3.06. The Morgan fingerprint density at radius 1 is 1.44 bits per heavy atom. The van der Waals surface area contributed by atoms with Gasteiger partial charge in [-0.05, 0) is 37.3 Å². The van der Waals surface area contributed by atoms with Crippen LogP contribution in [-0.4, -0.2) is 16.1 Å². The molecule has 0 aromatic carbocycles. The molecule has 0 spiro atoms. The topological polar surface area (TPSA) is 29.9 Å². The third-order valence-corrected chi connectivity index (χ3v) is 4.07. The fourth-order valence-corrected chi connectivity index (χ4v) is 2.94. The maximum Gasteiger partial charge on any atom is 0.0945 e. The highest BCUT2D eigenvalue weighted by atomic mass is 32.1. The molecule has 4 heteroatoms. The number of imidazole rings is 1. The number of nitrogens with one attached hydrogen (secondary N) is 1. The SMILES string of the molecule is CCC(NCCCCn1ccnc1)c1cccs1. The van der Waals surface area contributed by atoms with Crippen molar-refractivity contribution in [2.24, 2.45) is 0 Å². The van der Waals surface area contributed by atoms with Crippen molar-refractivity contribution in [3.63, 3.8) is 0 Å². The summed E-state index contributed by atoms with van der Waals surface area (Å²) in [5.74, 6) is 0. The zero-order valence-electron chi connectivity index (χ0n) is 10.9. The lowest BCUT2D eigenvalue weighted by Crippen LogP contribution is -2.21. The van der Waals surface area contributed by atoms with Crippen LogP contribution >= 0.6 is 11.3 Å². The van der Waals surface area contributed by atoms with E-state index in [0.29, 0.717) is 6.04 Å². The maximum absolute atomic E-state index is 4.05. The molecule has 18 heavy (non-hydrogen) atoms.